The molecule has 1 aliphatic carbocycles. The topological polar surface area (TPSA) is 46.2 Å². The van der Waals surface area contributed by atoms with Crippen molar-refractivity contribution in [2.75, 3.05) is 6.61 Å². The zero-order valence-electron chi connectivity index (χ0n) is 5.22. The zero-order chi connectivity index (χ0) is 6.20. The predicted molar refractivity (Wildman–Crippen MR) is 32.4 cm³/mol. The maximum Gasteiger partial charge on any atom is 0.0499 e. The van der Waals surface area contributed by atoms with Crippen LogP contribution < -0.4 is 5.73 Å². The Balaban J connectivity index is 2.42. The summed E-state index contributed by atoms with van der Waals surface area (Å²) >= 11 is 0. The molecule has 2 unspecified atom stereocenters. The van der Waals surface area contributed by atoms with Crippen LogP contribution in [0.1, 0.15) is 19.8 Å². The maximum absolute atomic E-state index is 8.74. The summed E-state index contributed by atoms with van der Waals surface area (Å²) in [6.07, 6.45) is 2.17. The third kappa shape index (κ3) is 0.644. The molecule has 1 rings (SSSR count). The van der Waals surface area contributed by atoms with E-state index in [1.165, 1.54) is 0 Å². The number of aliphatic hydroxyl groups excluding tert-OH is 1. The van der Waals surface area contributed by atoms with Gasteiger partial charge in [-0.25, -0.2) is 0 Å². The lowest BCUT2D eigenvalue weighted by Crippen LogP contribution is -2.50. The normalized spacial score (nSPS) is 46.1. The van der Waals surface area contributed by atoms with Gasteiger partial charge < -0.3 is 10.8 Å². The highest BCUT2D eigenvalue weighted by molar-refractivity contribution is 4.94. The Kier molecular flexibility index (Phi) is 1.29. The molecular weight excluding hydrogens is 102 g/mol. The minimum absolute atomic E-state index is 0.0556. The van der Waals surface area contributed by atoms with E-state index in [4.69, 9.17) is 10.8 Å². The summed E-state index contributed by atoms with van der Waals surface area (Å²) in [6, 6.07) is 0.243. The minimum atomic E-state index is 0.0556. The van der Waals surface area contributed by atoms with Crippen LogP contribution in [0.25, 0.3) is 0 Å². The van der Waals surface area contributed by atoms with Crippen molar-refractivity contribution in [3.05, 3.63) is 0 Å². The molecule has 0 amide bonds. The average Bonchev–Trinajstić information content (AvgIpc) is 1.83. The zero-order valence-corrected chi connectivity index (χ0v) is 5.22. The molecular formula is C6H13NO. The van der Waals surface area contributed by atoms with E-state index in [9.17, 15) is 0 Å². The molecule has 2 nitrogen and oxygen atoms in total. The highest BCUT2D eigenvalue weighted by Gasteiger charge is 2.39. The summed E-state index contributed by atoms with van der Waals surface area (Å²) in [5.74, 6) is 0. The molecule has 0 heterocycles. The van der Waals surface area contributed by atoms with Gasteiger partial charge in [0.2, 0.25) is 0 Å². The third-order valence-corrected chi connectivity index (χ3v) is 2.28. The summed E-state index contributed by atoms with van der Waals surface area (Å²) in [5.41, 5.74) is 5.66. The van der Waals surface area contributed by atoms with Gasteiger partial charge >= 0.3 is 0 Å². The van der Waals surface area contributed by atoms with Crippen LogP contribution in [0.15, 0.2) is 0 Å². The molecule has 0 bridgehead atoms. The Morgan fingerprint density at radius 3 is 2.50 bits per heavy atom. The van der Waals surface area contributed by atoms with E-state index in [0.29, 0.717) is 0 Å². The van der Waals surface area contributed by atoms with Crippen LogP contribution >= 0.6 is 0 Å². The Morgan fingerprint density at radius 2 is 2.50 bits per heavy atom. The van der Waals surface area contributed by atoms with Crippen molar-refractivity contribution in [2.24, 2.45) is 11.1 Å². The third-order valence-electron chi connectivity index (χ3n) is 2.28. The van der Waals surface area contributed by atoms with Gasteiger partial charge in [0.05, 0.1) is 0 Å². The fraction of sp³-hybridized carbons (Fsp3) is 1.00. The Labute approximate surface area is 49.7 Å². The van der Waals surface area contributed by atoms with Crippen molar-refractivity contribution in [3.63, 3.8) is 0 Å². The van der Waals surface area contributed by atoms with Gasteiger partial charge in [0.15, 0.2) is 0 Å². The molecule has 3 N–H and O–H groups in total. The predicted octanol–water partition coefficient (Wildman–Crippen LogP) is 0.106. The van der Waals surface area contributed by atoms with Crippen LogP contribution in [0, 0.1) is 5.41 Å². The summed E-state index contributed by atoms with van der Waals surface area (Å²) in [7, 11) is 0. The number of rotatable bonds is 1. The summed E-state index contributed by atoms with van der Waals surface area (Å²) in [5, 5.41) is 8.74. The molecule has 8 heavy (non-hydrogen) atoms. The van der Waals surface area contributed by atoms with Crippen molar-refractivity contribution in [1.82, 2.24) is 0 Å². The lowest BCUT2D eigenvalue weighted by molar-refractivity contribution is 0.0379. The first-order chi connectivity index (χ1) is 3.69. The monoisotopic (exact) mass is 115 g/mol. The molecule has 1 fully saturated rings. The molecule has 2 heteroatoms. The van der Waals surface area contributed by atoms with Crippen molar-refractivity contribution < 1.29 is 5.11 Å². The van der Waals surface area contributed by atoms with E-state index in [1.54, 1.807) is 0 Å². The number of hydrogen-bond donors (Lipinski definition) is 2. The van der Waals surface area contributed by atoms with Crippen molar-refractivity contribution in [3.8, 4) is 0 Å². The van der Waals surface area contributed by atoms with E-state index in [2.05, 4.69) is 0 Å². The fourth-order valence-electron chi connectivity index (χ4n) is 1.00. The SMILES string of the molecule is CC1(CO)CCC1N. The van der Waals surface area contributed by atoms with Crippen LogP contribution in [0.5, 0.6) is 0 Å². The fourth-order valence-corrected chi connectivity index (χ4v) is 1.00. The first kappa shape index (κ1) is 6.05. The highest BCUT2D eigenvalue weighted by atomic mass is 16.3. The van der Waals surface area contributed by atoms with Crippen LogP contribution in [0.3, 0.4) is 0 Å². The van der Waals surface area contributed by atoms with Gasteiger partial charge in [-0.15, -0.1) is 0 Å². The standard InChI is InChI=1S/C6H13NO/c1-6(4-8)3-2-5(6)7/h5,8H,2-4,7H2,1H3. The smallest absolute Gasteiger partial charge is 0.0499 e. The largest absolute Gasteiger partial charge is 0.396 e. The van der Waals surface area contributed by atoms with E-state index in [1.807, 2.05) is 6.92 Å². The molecule has 1 saturated carbocycles. The Bertz CT molecular complexity index is 90.5. The van der Waals surface area contributed by atoms with E-state index >= 15 is 0 Å². The Hall–Kier alpha value is -0.0800. The maximum atomic E-state index is 8.74. The summed E-state index contributed by atoms with van der Waals surface area (Å²) in [4.78, 5) is 0. The van der Waals surface area contributed by atoms with Crippen LogP contribution in [-0.4, -0.2) is 17.8 Å². The molecule has 0 saturated heterocycles. The number of nitrogens with two attached hydrogens (primary N) is 1. The minimum Gasteiger partial charge on any atom is -0.396 e. The van der Waals surface area contributed by atoms with E-state index < -0.39 is 0 Å². The van der Waals surface area contributed by atoms with E-state index in [-0.39, 0.29) is 18.1 Å². The molecule has 0 aliphatic heterocycles. The van der Waals surface area contributed by atoms with Gasteiger partial charge in [-0.3, -0.25) is 0 Å². The highest BCUT2D eigenvalue weighted by Crippen LogP contribution is 2.38. The van der Waals surface area contributed by atoms with Crippen molar-refractivity contribution in [2.45, 2.75) is 25.8 Å². The van der Waals surface area contributed by atoms with Gasteiger partial charge in [-0.1, -0.05) is 6.92 Å². The molecule has 0 aromatic carbocycles. The van der Waals surface area contributed by atoms with E-state index in [0.717, 1.165) is 12.8 Å². The average molecular weight is 115 g/mol. The quantitative estimate of drug-likeness (QED) is 0.509. The molecule has 0 aromatic heterocycles. The molecule has 1 aliphatic rings. The van der Waals surface area contributed by atoms with Crippen molar-refractivity contribution in [1.29, 1.82) is 0 Å². The molecule has 0 spiro atoms. The second kappa shape index (κ2) is 1.71. The van der Waals surface area contributed by atoms with Crippen LogP contribution in [-0.2, 0) is 0 Å². The Morgan fingerprint density at radius 1 is 1.88 bits per heavy atom. The molecule has 0 radical (unpaired) electrons. The summed E-state index contributed by atoms with van der Waals surface area (Å²) in [6.45, 7) is 2.27. The van der Waals surface area contributed by atoms with Gasteiger partial charge in [-0.2, -0.15) is 0 Å². The number of aliphatic hydroxyl groups is 1. The molecule has 0 aromatic rings. The second-order valence-corrected chi connectivity index (χ2v) is 2.96. The molecule has 48 valence electrons. The van der Waals surface area contributed by atoms with Gasteiger partial charge in [0, 0.05) is 18.1 Å². The summed E-state index contributed by atoms with van der Waals surface area (Å²) < 4.78 is 0. The molecule has 2 atom stereocenters. The van der Waals surface area contributed by atoms with Gasteiger partial charge in [0.25, 0.3) is 0 Å². The van der Waals surface area contributed by atoms with Crippen molar-refractivity contribution >= 4 is 0 Å². The first-order valence-electron chi connectivity index (χ1n) is 3.05. The van der Waals surface area contributed by atoms with Gasteiger partial charge in [0.1, 0.15) is 0 Å². The van der Waals surface area contributed by atoms with Gasteiger partial charge in [-0.05, 0) is 12.8 Å². The first-order valence-corrected chi connectivity index (χ1v) is 3.05. The lowest BCUT2D eigenvalue weighted by atomic mass is 9.67. The number of hydrogen-bond acceptors (Lipinski definition) is 2. The second-order valence-electron chi connectivity index (χ2n) is 2.96. The van der Waals surface area contributed by atoms with Crippen LogP contribution in [0.2, 0.25) is 0 Å². The lowest BCUT2D eigenvalue weighted by Gasteiger charge is -2.43. The van der Waals surface area contributed by atoms with Crippen LogP contribution in [0.4, 0.5) is 0 Å².